The second-order valence-corrected chi connectivity index (χ2v) is 7.66. The number of cyclic esters (lactones) is 4. The molecule has 0 aliphatic carbocycles. The second kappa shape index (κ2) is 10.5. The van der Waals surface area contributed by atoms with Gasteiger partial charge in [0.1, 0.15) is 0 Å². The minimum atomic E-state index is -1.83. The highest BCUT2D eigenvalue weighted by Gasteiger charge is 2.27. The molecular formula is C24H15BrO10. The Balaban J connectivity index is 0.000000202. The van der Waals surface area contributed by atoms with Crippen molar-refractivity contribution in [1.29, 1.82) is 0 Å². The van der Waals surface area contributed by atoms with E-state index in [2.05, 4.69) is 92.1 Å². The quantitative estimate of drug-likeness (QED) is 0.0677. The summed E-state index contributed by atoms with van der Waals surface area (Å²) in [6.07, 6.45) is -5.50. The summed E-state index contributed by atoms with van der Waals surface area (Å²) in [6, 6.07) is 24.1. The molecule has 1 fully saturated rings. The van der Waals surface area contributed by atoms with Crippen molar-refractivity contribution in [2.45, 2.75) is 0 Å². The molecule has 10 nitrogen and oxygen atoms in total. The first-order valence-corrected chi connectivity index (χ1v) is 10.4. The highest BCUT2D eigenvalue weighted by atomic mass is 79.9. The molecule has 1 heterocycles. The van der Waals surface area contributed by atoms with Crippen LogP contribution >= 0.6 is 15.9 Å². The Bertz CT molecular complexity index is 1530. The van der Waals surface area contributed by atoms with Gasteiger partial charge >= 0.3 is 24.6 Å². The topological polar surface area (TPSA) is 168 Å². The fourth-order valence-corrected chi connectivity index (χ4v) is 4.30. The Morgan fingerprint density at radius 2 is 0.971 bits per heavy atom. The van der Waals surface area contributed by atoms with Gasteiger partial charge in [-0.3, -0.25) is 0 Å². The zero-order valence-corrected chi connectivity index (χ0v) is 19.1. The standard InChI is InChI=1S/C20H11Br.C2O4.2CH2O3/c21-17-11-10-13-6-2-8-15-14-7-1-4-12-5-3-9-16(18(12)14)20(17)19(13)15;3-1-5-2(4)6-1;2*2-1(3)4/h1-11H;;2*(H2,2,3,4). The number of carboxylic acid groups (broad SMARTS) is 4. The number of fused-ring (bicyclic) bond motifs is 2. The Morgan fingerprint density at radius 1 is 0.571 bits per heavy atom. The van der Waals surface area contributed by atoms with Gasteiger partial charge in [-0.05, 0) is 43.8 Å². The summed E-state index contributed by atoms with van der Waals surface area (Å²) >= 11 is 3.76. The van der Waals surface area contributed by atoms with Crippen molar-refractivity contribution in [2.75, 3.05) is 0 Å². The van der Waals surface area contributed by atoms with Gasteiger partial charge in [-0.15, -0.1) is 0 Å². The van der Waals surface area contributed by atoms with Crippen LogP contribution in [0, 0.1) is 0 Å². The van der Waals surface area contributed by atoms with Gasteiger partial charge in [-0.1, -0.05) is 76.6 Å². The maximum atomic E-state index is 9.44. The molecule has 11 heteroatoms. The van der Waals surface area contributed by atoms with Crippen molar-refractivity contribution >= 4 is 83.6 Å². The van der Waals surface area contributed by atoms with E-state index >= 15 is 0 Å². The third kappa shape index (κ3) is 5.65. The highest BCUT2D eigenvalue weighted by molar-refractivity contribution is 9.10. The summed E-state index contributed by atoms with van der Waals surface area (Å²) in [5, 5.41) is 38.6. The van der Waals surface area contributed by atoms with E-state index in [9.17, 15) is 9.59 Å². The lowest BCUT2D eigenvalue weighted by atomic mass is 9.90. The van der Waals surface area contributed by atoms with Crippen LogP contribution in [0.2, 0.25) is 0 Å². The largest absolute Gasteiger partial charge is 0.528 e. The molecule has 4 N–H and O–H groups in total. The van der Waals surface area contributed by atoms with Crippen LogP contribution in [0.4, 0.5) is 19.2 Å². The van der Waals surface area contributed by atoms with Gasteiger partial charge in [0.25, 0.3) is 0 Å². The van der Waals surface area contributed by atoms with Crippen molar-refractivity contribution in [3.8, 4) is 0 Å². The molecule has 0 saturated carbocycles. The first kappa shape index (κ1) is 25.0. The van der Waals surface area contributed by atoms with Crippen LogP contribution < -0.4 is 0 Å². The van der Waals surface area contributed by atoms with E-state index < -0.39 is 24.6 Å². The van der Waals surface area contributed by atoms with Crippen molar-refractivity contribution in [1.82, 2.24) is 0 Å². The van der Waals surface area contributed by atoms with Gasteiger partial charge in [-0.2, -0.15) is 0 Å². The minimum Gasteiger partial charge on any atom is -0.450 e. The fourth-order valence-electron chi connectivity index (χ4n) is 3.76. The number of hydrogen-bond acceptors (Lipinski definition) is 6. The average Bonchev–Trinajstić information content (AvgIpc) is 2.77. The maximum absolute atomic E-state index is 9.44. The maximum Gasteiger partial charge on any atom is 0.528 e. The van der Waals surface area contributed by atoms with Crippen LogP contribution in [0.25, 0.3) is 43.1 Å². The molecule has 0 spiro atoms. The Kier molecular flexibility index (Phi) is 7.52. The summed E-state index contributed by atoms with van der Waals surface area (Å²) in [6.45, 7) is 0. The lowest BCUT2D eigenvalue weighted by Crippen LogP contribution is -2.27. The van der Waals surface area contributed by atoms with Crippen molar-refractivity contribution in [3.63, 3.8) is 0 Å². The summed E-state index contributed by atoms with van der Waals surface area (Å²) in [4.78, 5) is 36.0. The predicted molar refractivity (Wildman–Crippen MR) is 130 cm³/mol. The molecule has 0 atom stereocenters. The fraction of sp³-hybridized carbons (Fsp3) is 0. The SMILES string of the molecule is Brc1ccc2cccc3c4cccc5cccc(c1c23)c54.O=C(O)O.O=C(O)O.O=C1OC(=O)O1. The van der Waals surface area contributed by atoms with Crippen molar-refractivity contribution in [3.05, 3.63) is 71.2 Å². The Labute approximate surface area is 204 Å². The van der Waals surface area contributed by atoms with Crippen molar-refractivity contribution in [2.24, 2.45) is 0 Å². The molecule has 178 valence electrons. The Hall–Kier alpha value is -4.64. The molecule has 5 aromatic carbocycles. The molecule has 35 heavy (non-hydrogen) atoms. The third-order valence-corrected chi connectivity index (χ3v) is 5.45. The Morgan fingerprint density at radius 3 is 1.40 bits per heavy atom. The molecule has 6 rings (SSSR count). The van der Waals surface area contributed by atoms with E-state index in [0.717, 1.165) is 0 Å². The summed E-state index contributed by atoms with van der Waals surface area (Å²) in [7, 11) is 0. The lowest BCUT2D eigenvalue weighted by Gasteiger charge is -2.15. The third-order valence-electron chi connectivity index (χ3n) is 4.79. The molecule has 0 radical (unpaired) electrons. The second-order valence-electron chi connectivity index (χ2n) is 6.80. The smallest absolute Gasteiger partial charge is 0.450 e. The molecule has 1 aliphatic rings. The summed E-state index contributed by atoms with van der Waals surface area (Å²) in [5.41, 5.74) is 0. The van der Waals surface area contributed by atoms with E-state index in [1.807, 2.05) is 0 Å². The number of halogens is 1. The number of carbonyl (C=O) groups excluding carboxylic acids is 2. The van der Waals surface area contributed by atoms with Crippen molar-refractivity contribution < 1.29 is 49.1 Å². The van der Waals surface area contributed by atoms with E-state index in [1.54, 1.807) is 0 Å². The molecule has 0 unspecified atom stereocenters. The molecule has 1 saturated heterocycles. The zero-order chi connectivity index (χ0) is 25.7. The van der Waals surface area contributed by atoms with E-state index in [0.29, 0.717) is 0 Å². The molecule has 1 aliphatic heterocycles. The van der Waals surface area contributed by atoms with Gasteiger partial charge in [0.05, 0.1) is 0 Å². The number of ether oxygens (including phenoxy) is 2. The van der Waals surface area contributed by atoms with Gasteiger partial charge < -0.3 is 29.9 Å². The van der Waals surface area contributed by atoms with E-state index in [1.165, 1.54) is 47.6 Å². The van der Waals surface area contributed by atoms with Crippen LogP contribution in [-0.4, -0.2) is 45.0 Å². The first-order chi connectivity index (χ1) is 16.6. The lowest BCUT2D eigenvalue weighted by molar-refractivity contribution is 0.00673. The number of hydrogen-bond donors (Lipinski definition) is 4. The number of rotatable bonds is 0. The van der Waals surface area contributed by atoms with Gasteiger partial charge in [0, 0.05) is 9.86 Å². The summed E-state index contributed by atoms with van der Waals surface area (Å²) < 4.78 is 8.45. The monoisotopic (exact) mass is 542 g/mol. The van der Waals surface area contributed by atoms with Crippen LogP contribution in [-0.2, 0) is 9.47 Å². The number of benzene rings is 5. The number of carbonyl (C=O) groups is 4. The van der Waals surface area contributed by atoms with Crippen LogP contribution in [0.3, 0.4) is 0 Å². The van der Waals surface area contributed by atoms with E-state index in [4.69, 9.17) is 30.0 Å². The van der Waals surface area contributed by atoms with E-state index in [-0.39, 0.29) is 0 Å². The molecule has 5 aromatic rings. The highest BCUT2D eigenvalue weighted by Crippen LogP contribution is 2.42. The van der Waals surface area contributed by atoms with Gasteiger partial charge in [0.15, 0.2) is 0 Å². The predicted octanol–water partition coefficient (Wildman–Crippen LogP) is 7.22. The zero-order valence-electron chi connectivity index (χ0n) is 17.5. The normalized spacial score (nSPS) is 11.7. The molecular weight excluding hydrogens is 528 g/mol. The molecule has 0 aromatic heterocycles. The van der Waals surface area contributed by atoms with Crippen LogP contribution in [0.15, 0.2) is 71.2 Å². The first-order valence-electron chi connectivity index (χ1n) is 9.61. The van der Waals surface area contributed by atoms with Crippen LogP contribution in [0.1, 0.15) is 0 Å². The molecule has 0 amide bonds. The van der Waals surface area contributed by atoms with Gasteiger partial charge in [0.2, 0.25) is 0 Å². The summed E-state index contributed by atoms with van der Waals surface area (Å²) in [5.74, 6) is 0. The minimum absolute atomic E-state index is 0.917. The van der Waals surface area contributed by atoms with Crippen LogP contribution in [0.5, 0.6) is 0 Å². The average molecular weight is 543 g/mol. The molecule has 0 bridgehead atoms. The van der Waals surface area contributed by atoms with Gasteiger partial charge in [-0.25, -0.2) is 19.2 Å².